The van der Waals surface area contributed by atoms with Gasteiger partial charge in [0.15, 0.2) is 0 Å². The molecule has 0 saturated carbocycles. The number of nitrogens with zero attached hydrogens (tertiary/aromatic N) is 2. The minimum absolute atomic E-state index is 0.175. The van der Waals surface area contributed by atoms with Crippen LogP contribution < -0.4 is 10.6 Å². The fourth-order valence-electron chi connectivity index (χ4n) is 5.14. The average molecular weight is 381 g/mol. The summed E-state index contributed by atoms with van der Waals surface area (Å²) in [5.41, 5.74) is 3.02. The number of fused-ring (bicyclic) bond motifs is 1. The molecule has 1 aromatic heterocycles. The Labute approximate surface area is 167 Å². The minimum Gasteiger partial charge on any atom is -0.345 e. The number of aryl methyl sites for hydroxylation is 1. The van der Waals surface area contributed by atoms with Gasteiger partial charge >= 0.3 is 0 Å². The highest BCUT2D eigenvalue weighted by atomic mass is 16.1. The van der Waals surface area contributed by atoms with Crippen molar-refractivity contribution in [3.8, 4) is 0 Å². The maximum atomic E-state index is 13.1. The van der Waals surface area contributed by atoms with Gasteiger partial charge in [0.05, 0.1) is 11.1 Å². The van der Waals surface area contributed by atoms with Gasteiger partial charge in [0.1, 0.15) is 0 Å². The molecule has 5 nitrogen and oxygen atoms in total. The topological polar surface area (TPSA) is 57.3 Å². The van der Waals surface area contributed by atoms with Gasteiger partial charge < -0.3 is 15.5 Å². The standard InChI is InChI=1S/C23H32N4O/c1-16-12-23(15-24-13-16,26-21(28)11-18-8-10-27(3)14-18)20-7-6-17(2)22-19(20)5-4-9-25-22/h4-7,9,16,18,24H,8,10-15H2,1-3H3,(H,26,28)/t16-,18?,23-/m0/s1. The van der Waals surface area contributed by atoms with Crippen LogP contribution in [0, 0.1) is 18.8 Å². The number of hydrogen-bond donors (Lipinski definition) is 2. The third-order valence-corrected chi connectivity index (χ3v) is 6.45. The van der Waals surface area contributed by atoms with Crippen LogP contribution in [-0.2, 0) is 10.3 Å². The first kappa shape index (κ1) is 19.3. The van der Waals surface area contributed by atoms with Crippen LogP contribution in [0.15, 0.2) is 30.5 Å². The summed E-state index contributed by atoms with van der Waals surface area (Å²) in [6.45, 7) is 8.23. The van der Waals surface area contributed by atoms with Crippen molar-refractivity contribution in [2.24, 2.45) is 11.8 Å². The summed E-state index contributed by atoms with van der Waals surface area (Å²) in [5.74, 6) is 1.14. The number of carbonyl (C=O) groups is 1. The summed E-state index contributed by atoms with van der Waals surface area (Å²) in [6.07, 6.45) is 4.53. The molecule has 1 amide bonds. The molecule has 0 radical (unpaired) electrons. The molecule has 0 spiro atoms. The number of piperidine rings is 1. The van der Waals surface area contributed by atoms with Gasteiger partial charge in [0, 0.05) is 31.1 Å². The number of amides is 1. The third-order valence-electron chi connectivity index (χ3n) is 6.45. The van der Waals surface area contributed by atoms with Crippen LogP contribution in [0.2, 0.25) is 0 Å². The number of hydrogen-bond acceptors (Lipinski definition) is 4. The molecule has 4 rings (SSSR count). The minimum atomic E-state index is -0.381. The Morgan fingerprint density at radius 1 is 1.39 bits per heavy atom. The van der Waals surface area contributed by atoms with Crippen molar-refractivity contribution in [1.82, 2.24) is 20.5 Å². The number of benzene rings is 1. The predicted octanol–water partition coefficient (Wildman–Crippen LogP) is 2.83. The lowest BCUT2D eigenvalue weighted by molar-refractivity contribution is -0.124. The zero-order valence-electron chi connectivity index (χ0n) is 17.3. The van der Waals surface area contributed by atoms with E-state index in [1.165, 1.54) is 11.1 Å². The van der Waals surface area contributed by atoms with Crippen molar-refractivity contribution in [1.29, 1.82) is 0 Å². The van der Waals surface area contributed by atoms with Crippen LogP contribution in [0.4, 0.5) is 0 Å². The quantitative estimate of drug-likeness (QED) is 0.856. The second-order valence-electron chi connectivity index (χ2n) is 9.02. The molecule has 3 atom stereocenters. The van der Waals surface area contributed by atoms with Crippen LogP contribution >= 0.6 is 0 Å². The van der Waals surface area contributed by atoms with E-state index in [1.807, 2.05) is 12.3 Å². The Balaban J connectivity index is 1.68. The van der Waals surface area contributed by atoms with E-state index < -0.39 is 0 Å². The third kappa shape index (κ3) is 3.78. The van der Waals surface area contributed by atoms with Crippen molar-refractivity contribution in [3.05, 3.63) is 41.6 Å². The molecule has 2 aliphatic heterocycles. The molecule has 0 bridgehead atoms. The number of rotatable bonds is 4. The zero-order chi connectivity index (χ0) is 19.7. The van der Waals surface area contributed by atoms with E-state index >= 15 is 0 Å². The number of nitrogens with one attached hydrogen (secondary N) is 2. The maximum absolute atomic E-state index is 13.1. The molecule has 1 unspecified atom stereocenters. The molecule has 2 aromatic rings. The Kier molecular flexibility index (Phi) is 5.39. The van der Waals surface area contributed by atoms with Crippen LogP contribution in [0.3, 0.4) is 0 Å². The van der Waals surface area contributed by atoms with E-state index in [2.05, 4.69) is 59.6 Å². The molecular formula is C23H32N4O. The van der Waals surface area contributed by atoms with E-state index in [-0.39, 0.29) is 11.4 Å². The van der Waals surface area contributed by atoms with E-state index in [4.69, 9.17) is 0 Å². The van der Waals surface area contributed by atoms with Gasteiger partial charge in [-0.15, -0.1) is 0 Å². The Hall–Kier alpha value is -1.98. The summed E-state index contributed by atoms with van der Waals surface area (Å²) in [5, 5.41) is 8.20. The monoisotopic (exact) mass is 380 g/mol. The number of aromatic nitrogens is 1. The SMILES string of the molecule is Cc1ccc([C@@]2(NC(=O)CC3CCN(C)C3)CNC[C@@H](C)C2)c2cccnc12. The lowest BCUT2D eigenvalue weighted by atomic mass is 9.77. The number of likely N-dealkylation sites (tertiary alicyclic amines) is 1. The highest BCUT2D eigenvalue weighted by Gasteiger charge is 2.39. The van der Waals surface area contributed by atoms with Crippen LogP contribution in [0.5, 0.6) is 0 Å². The molecule has 5 heteroatoms. The highest BCUT2D eigenvalue weighted by Crippen LogP contribution is 2.36. The van der Waals surface area contributed by atoms with E-state index in [1.54, 1.807) is 0 Å². The molecule has 2 saturated heterocycles. The summed E-state index contributed by atoms with van der Waals surface area (Å²) in [4.78, 5) is 20.0. The van der Waals surface area contributed by atoms with Gasteiger partial charge in [-0.1, -0.05) is 25.1 Å². The first-order valence-electron chi connectivity index (χ1n) is 10.5. The van der Waals surface area contributed by atoms with Gasteiger partial charge in [-0.25, -0.2) is 0 Å². The number of carbonyl (C=O) groups excluding carboxylic acids is 1. The normalized spacial score (nSPS) is 28.5. The molecule has 3 heterocycles. The van der Waals surface area contributed by atoms with Crippen molar-refractivity contribution in [2.75, 3.05) is 33.2 Å². The lowest BCUT2D eigenvalue weighted by Crippen LogP contribution is -2.57. The predicted molar refractivity (Wildman–Crippen MR) is 113 cm³/mol. The number of pyridine rings is 1. The van der Waals surface area contributed by atoms with Gasteiger partial charge in [0.2, 0.25) is 5.91 Å². The van der Waals surface area contributed by atoms with Crippen LogP contribution in [-0.4, -0.2) is 49.0 Å². The smallest absolute Gasteiger partial charge is 0.221 e. The molecule has 2 aliphatic rings. The van der Waals surface area contributed by atoms with Gasteiger partial charge in [-0.05, 0) is 68.9 Å². The first-order valence-corrected chi connectivity index (χ1v) is 10.5. The van der Waals surface area contributed by atoms with Crippen molar-refractivity contribution < 1.29 is 4.79 Å². The van der Waals surface area contributed by atoms with Crippen LogP contribution in [0.25, 0.3) is 10.9 Å². The molecule has 2 N–H and O–H groups in total. The Morgan fingerprint density at radius 3 is 3.00 bits per heavy atom. The summed E-state index contributed by atoms with van der Waals surface area (Å²) in [7, 11) is 2.14. The molecular weight excluding hydrogens is 348 g/mol. The molecule has 150 valence electrons. The summed E-state index contributed by atoms with van der Waals surface area (Å²) < 4.78 is 0. The molecule has 2 fully saturated rings. The maximum Gasteiger partial charge on any atom is 0.221 e. The summed E-state index contributed by atoms with van der Waals surface area (Å²) in [6, 6.07) is 8.48. The molecule has 0 aliphatic carbocycles. The second-order valence-corrected chi connectivity index (χ2v) is 9.02. The van der Waals surface area contributed by atoms with Crippen LogP contribution in [0.1, 0.15) is 37.3 Å². The first-order chi connectivity index (χ1) is 13.5. The lowest BCUT2D eigenvalue weighted by Gasteiger charge is -2.42. The van der Waals surface area contributed by atoms with Crippen molar-refractivity contribution >= 4 is 16.8 Å². The Bertz CT molecular complexity index is 867. The average Bonchev–Trinajstić information content (AvgIpc) is 3.06. The Morgan fingerprint density at radius 2 is 2.25 bits per heavy atom. The zero-order valence-corrected chi connectivity index (χ0v) is 17.3. The van der Waals surface area contributed by atoms with Gasteiger partial charge in [-0.3, -0.25) is 9.78 Å². The van der Waals surface area contributed by atoms with Crippen molar-refractivity contribution in [3.63, 3.8) is 0 Å². The molecule has 1 aromatic carbocycles. The second kappa shape index (κ2) is 7.80. The fraction of sp³-hybridized carbons (Fsp3) is 0.565. The van der Waals surface area contributed by atoms with E-state index in [0.717, 1.165) is 49.9 Å². The van der Waals surface area contributed by atoms with Gasteiger partial charge in [0.25, 0.3) is 0 Å². The van der Waals surface area contributed by atoms with Crippen molar-refractivity contribution in [2.45, 2.75) is 38.6 Å². The summed E-state index contributed by atoms with van der Waals surface area (Å²) >= 11 is 0. The largest absolute Gasteiger partial charge is 0.345 e. The van der Waals surface area contributed by atoms with E-state index in [0.29, 0.717) is 18.3 Å². The molecule has 28 heavy (non-hydrogen) atoms. The van der Waals surface area contributed by atoms with E-state index in [9.17, 15) is 4.79 Å². The fourth-order valence-corrected chi connectivity index (χ4v) is 5.14. The van der Waals surface area contributed by atoms with Gasteiger partial charge in [-0.2, -0.15) is 0 Å². The highest BCUT2D eigenvalue weighted by molar-refractivity contribution is 5.87.